The van der Waals surface area contributed by atoms with Gasteiger partial charge >= 0.3 is 6.03 Å². The average molecular weight is 372 g/mol. The lowest BCUT2D eigenvalue weighted by atomic mass is 9.84. The summed E-state index contributed by atoms with van der Waals surface area (Å²) >= 11 is 0. The van der Waals surface area contributed by atoms with Crippen molar-refractivity contribution in [3.63, 3.8) is 0 Å². The van der Waals surface area contributed by atoms with Crippen LogP contribution in [0.3, 0.4) is 0 Å². The molecule has 2 aromatic carbocycles. The number of carbonyl (C=O) groups is 1. The highest BCUT2D eigenvalue weighted by Crippen LogP contribution is 2.34. The van der Waals surface area contributed by atoms with E-state index in [0.717, 1.165) is 22.4 Å². The number of methoxy groups -OCH3 is 2. The molecule has 0 bridgehead atoms. The van der Waals surface area contributed by atoms with Gasteiger partial charge in [0.15, 0.2) is 0 Å². The minimum atomic E-state index is -1.22. The van der Waals surface area contributed by atoms with Gasteiger partial charge in [-0.2, -0.15) is 0 Å². The van der Waals surface area contributed by atoms with Gasteiger partial charge in [-0.15, -0.1) is 0 Å². The third-order valence-electron chi connectivity index (χ3n) is 4.57. The number of hydrogen-bond donors (Lipinski definition) is 2. The molecule has 0 aliphatic carbocycles. The summed E-state index contributed by atoms with van der Waals surface area (Å²) in [5, 5.41) is 14.2. The molecule has 6 nitrogen and oxygen atoms in total. The maximum absolute atomic E-state index is 11.7. The van der Waals surface area contributed by atoms with Crippen LogP contribution in [0, 0.1) is 0 Å². The van der Waals surface area contributed by atoms with E-state index in [1.54, 1.807) is 35.2 Å². The molecule has 2 rings (SSSR count). The minimum Gasteiger partial charge on any atom is -0.497 e. The van der Waals surface area contributed by atoms with E-state index < -0.39 is 5.60 Å². The molecular weight excluding hydrogens is 344 g/mol. The molecule has 0 saturated carbocycles. The van der Waals surface area contributed by atoms with Crippen molar-refractivity contribution in [2.45, 2.75) is 18.9 Å². The van der Waals surface area contributed by atoms with Crippen LogP contribution in [-0.2, 0) is 12.0 Å². The number of carbonyl (C=O) groups excluding carboxylic acids is 1. The van der Waals surface area contributed by atoms with E-state index in [9.17, 15) is 9.90 Å². The zero-order chi connectivity index (χ0) is 20.0. The van der Waals surface area contributed by atoms with E-state index in [1.807, 2.05) is 42.5 Å². The molecule has 0 aliphatic rings. The summed E-state index contributed by atoms with van der Waals surface area (Å²) in [7, 11) is 6.60. The first-order valence-corrected chi connectivity index (χ1v) is 8.79. The molecule has 27 heavy (non-hydrogen) atoms. The number of amides is 2. The van der Waals surface area contributed by atoms with Crippen molar-refractivity contribution < 1.29 is 19.4 Å². The molecule has 1 atom stereocenters. The van der Waals surface area contributed by atoms with Crippen LogP contribution < -0.4 is 14.8 Å². The lowest BCUT2D eigenvalue weighted by Gasteiger charge is -2.28. The zero-order valence-corrected chi connectivity index (χ0v) is 16.6. The molecule has 0 saturated heterocycles. The topological polar surface area (TPSA) is 71.0 Å². The van der Waals surface area contributed by atoms with Crippen molar-refractivity contribution in [3.8, 4) is 11.5 Å². The lowest BCUT2D eigenvalue weighted by molar-refractivity contribution is 0.101. The fourth-order valence-corrected chi connectivity index (χ4v) is 2.89. The van der Waals surface area contributed by atoms with Gasteiger partial charge in [0.2, 0.25) is 0 Å². The molecule has 146 valence electrons. The van der Waals surface area contributed by atoms with E-state index in [0.29, 0.717) is 18.7 Å². The Morgan fingerprint density at radius 2 is 1.67 bits per heavy atom. The highest BCUT2D eigenvalue weighted by atomic mass is 16.5. The number of ether oxygens (including phenoxy) is 2. The van der Waals surface area contributed by atoms with Gasteiger partial charge < -0.3 is 24.8 Å². The summed E-state index contributed by atoms with van der Waals surface area (Å²) in [5.74, 6) is 1.40. The SMILES string of the molecule is COc1ccc(C(C)(O)c2cc(OC)ccc2CCNC(=O)N(C)C)cc1. The summed E-state index contributed by atoms with van der Waals surface area (Å²) in [6.45, 7) is 2.22. The number of rotatable bonds is 7. The van der Waals surface area contributed by atoms with Gasteiger partial charge in [0, 0.05) is 20.6 Å². The Bertz CT molecular complexity index is 770. The molecule has 0 spiro atoms. The van der Waals surface area contributed by atoms with Crippen LogP contribution in [0.1, 0.15) is 23.6 Å². The third-order valence-corrected chi connectivity index (χ3v) is 4.57. The number of nitrogens with zero attached hydrogens (tertiary/aromatic N) is 1. The number of aliphatic hydroxyl groups is 1. The van der Waals surface area contributed by atoms with E-state index >= 15 is 0 Å². The standard InChI is InChI=1S/C21H28N2O4/c1-21(25,16-7-10-17(26-4)11-8-16)19-14-18(27-5)9-6-15(19)12-13-22-20(24)23(2)3/h6-11,14,25H,12-13H2,1-5H3,(H,22,24). The molecule has 1 unspecified atom stereocenters. The normalized spacial score (nSPS) is 12.8. The van der Waals surface area contributed by atoms with E-state index in [-0.39, 0.29) is 6.03 Å². The highest BCUT2D eigenvalue weighted by Gasteiger charge is 2.29. The number of urea groups is 1. The molecule has 2 aromatic rings. The van der Waals surface area contributed by atoms with Crippen LogP contribution >= 0.6 is 0 Å². The van der Waals surface area contributed by atoms with Gasteiger partial charge in [0.1, 0.15) is 17.1 Å². The van der Waals surface area contributed by atoms with Crippen molar-refractivity contribution in [1.29, 1.82) is 0 Å². The minimum absolute atomic E-state index is 0.146. The first kappa shape index (κ1) is 20.6. The van der Waals surface area contributed by atoms with Crippen LogP contribution in [0.2, 0.25) is 0 Å². The van der Waals surface area contributed by atoms with Crippen LogP contribution in [0.15, 0.2) is 42.5 Å². The molecule has 0 radical (unpaired) electrons. The third kappa shape index (κ3) is 4.92. The number of benzene rings is 2. The maximum Gasteiger partial charge on any atom is 0.316 e. The van der Waals surface area contributed by atoms with Crippen molar-refractivity contribution in [1.82, 2.24) is 10.2 Å². The maximum atomic E-state index is 11.7. The van der Waals surface area contributed by atoms with Gasteiger partial charge in [-0.05, 0) is 54.3 Å². The van der Waals surface area contributed by atoms with Gasteiger partial charge in [0.05, 0.1) is 14.2 Å². The largest absolute Gasteiger partial charge is 0.497 e. The molecular formula is C21H28N2O4. The Morgan fingerprint density at radius 1 is 1.07 bits per heavy atom. The number of nitrogens with one attached hydrogen (secondary N) is 1. The Labute approximate surface area is 160 Å². The fourth-order valence-electron chi connectivity index (χ4n) is 2.89. The second-order valence-electron chi connectivity index (χ2n) is 6.70. The van der Waals surface area contributed by atoms with Gasteiger partial charge in [-0.3, -0.25) is 0 Å². The Balaban J connectivity index is 2.32. The number of hydrogen-bond acceptors (Lipinski definition) is 4. The molecule has 6 heteroatoms. The molecule has 0 fully saturated rings. The molecule has 0 aliphatic heterocycles. The second-order valence-corrected chi connectivity index (χ2v) is 6.70. The smallest absolute Gasteiger partial charge is 0.316 e. The molecule has 0 heterocycles. The summed E-state index contributed by atoms with van der Waals surface area (Å²) < 4.78 is 10.5. The van der Waals surface area contributed by atoms with Crippen molar-refractivity contribution in [2.24, 2.45) is 0 Å². The first-order valence-electron chi connectivity index (χ1n) is 8.79. The van der Waals surface area contributed by atoms with Crippen LogP contribution in [0.25, 0.3) is 0 Å². The van der Waals surface area contributed by atoms with Gasteiger partial charge in [-0.1, -0.05) is 18.2 Å². The molecule has 0 aromatic heterocycles. The first-order chi connectivity index (χ1) is 12.8. The Hall–Kier alpha value is -2.73. The Morgan fingerprint density at radius 3 is 2.22 bits per heavy atom. The summed E-state index contributed by atoms with van der Waals surface area (Å²) in [6, 6.07) is 12.8. The van der Waals surface area contributed by atoms with Crippen molar-refractivity contribution >= 4 is 6.03 Å². The highest BCUT2D eigenvalue weighted by molar-refractivity contribution is 5.73. The van der Waals surface area contributed by atoms with Gasteiger partial charge in [0.25, 0.3) is 0 Å². The second kappa shape index (κ2) is 8.77. The van der Waals surface area contributed by atoms with Crippen LogP contribution in [0.5, 0.6) is 11.5 Å². The Kier molecular flexibility index (Phi) is 6.69. The summed E-state index contributed by atoms with van der Waals surface area (Å²) in [6.07, 6.45) is 0.589. The van der Waals surface area contributed by atoms with Crippen molar-refractivity contribution in [3.05, 3.63) is 59.2 Å². The molecule has 2 N–H and O–H groups in total. The fraction of sp³-hybridized carbons (Fsp3) is 0.381. The summed E-state index contributed by atoms with van der Waals surface area (Å²) in [5.41, 5.74) is 1.21. The van der Waals surface area contributed by atoms with E-state index in [1.165, 1.54) is 4.90 Å². The average Bonchev–Trinajstić information content (AvgIpc) is 2.67. The zero-order valence-electron chi connectivity index (χ0n) is 16.6. The van der Waals surface area contributed by atoms with E-state index in [2.05, 4.69) is 5.32 Å². The predicted molar refractivity (Wildman–Crippen MR) is 105 cm³/mol. The van der Waals surface area contributed by atoms with Crippen molar-refractivity contribution in [2.75, 3.05) is 34.9 Å². The van der Waals surface area contributed by atoms with Crippen LogP contribution in [0.4, 0.5) is 4.79 Å². The van der Waals surface area contributed by atoms with Crippen LogP contribution in [-0.4, -0.2) is 50.9 Å². The predicted octanol–water partition coefficient (Wildman–Crippen LogP) is 2.77. The summed E-state index contributed by atoms with van der Waals surface area (Å²) in [4.78, 5) is 13.2. The molecule has 2 amide bonds. The lowest BCUT2D eigenvalue weighted by Crippen LogP contribution is -2.36. The monoisotopic (exact) mass is 372 g/mol. The van der Waals surface area contributed by atoms with Gasteiger partial charge in [-0.25, -0.2) is 4.79 Å². The van der Waals surface area contributed by atoms with E-state index in [4.69, 9.17) is 9.47 Å². The quantitative estimate of drug-likeness (QED) is 0.784.